The molecule has 0 N–H and O–H groups in total. The fourth-order valence-corrected chi connectivity index (χ4v) is 2.64. The van der Waals surface area contributed by atoms with Gasteiger partial charge >= 0.3 is 5.97 Å². The molecule has 0 spiro atoms. The molecule has 1 aromatic rings. The van der Waals surface area contributed by atoms with Gasteiger partial charge in [0.1, 0.15) is 5.75 Å². The highest BCUT2D eigenvalue weighted by atomic mass is 79.9. The topological polar surface area (TPSA) is 55.8 Å². The molecule has 1 aliphatic heterocycles. The zero-order valence-corrected chi connectivity index (χ0v) is 13.3. The van der Waals surface area contributed by atoms with E-state index in [2.05, 4.69) is 20.7 Å². The number of hydrogen-bond donors (Lipinski definition) is 0. The number of rotatable bonds is 3. The van der Waals surface area contributed by atoms with Crippen LogP contribution in [0.15, 0.2) is 16.6 Å². The van der Waals surface area contributed by atoms with E-state index in [1.165, 1.54) is 19.1 Å². The molecule has 0 radical (unpaired) electrons. The van der Waals surface area contributed by atoms with E-state index in [4.69, 9.17) is 16.3 Å². The summed E-state index contributed by atoms with van der Waals surface area (Å²) >= 11 is 9.36. The van der Waals surface area contributed by atoms with Crippen LogP contribution in [0.5, 0.6) is 5.75 Å². The number of halogens is 2. The standard InChI is InChI=1S/C13H13BrClNO4/c1-19-11-4-8(14)9(15)5-10(11)16-6-7(3-12(16)17)13(18)20-2/h4-5,7H,3,6H2,1-2H3. The van der Waals surface area contributed by atoms with Crippen LogP contribution in [-0.2, 0) is 14.3 Å². The molecule has 7 heteroatoms. The van der Waals surface area contributed by atoms with E-state index in [0.29, 0.717) is 20.9 Å². The highest BCUT2D eigenvalue weighted by Crippen LogP contribution is 2.39. The second-order valence-electron chi connectivity index (χ2n) is 4.37. The van der Waals surface area contributed by atoms with Gasteiger partial charge < -0.3 is 14.4 Å². The summed E-state index contributed by atoms with van der Waals surface area (Å²) in [5.41, 5.74) is 0.553. The lowest BCUT2D eigenvalue weighted by Gasteiger charge is -2.20. The van der Waals surface area contributed by atoms with Crippen LogP contribution in [0.25, 0.3) is 0 Å². The van der Waals surface area contributed by atoms with Crippen LogP contribution in [0, 0.1) is 5.92 Å². The van der Waals surface area contributed by atoms with Gasteiger partial charge in [-0.25, -0.2) is 0 Å². The van der Waals surface area contributed by atoms with Gasteiger partial charge in [0, 0.05) is 17.4 Å². The normalized spacial score (nSPS) is 18.3. The summed E-state index contributed by atoms with van der Waals surface area (Å²) in [5.74, 6) is -0.486. The molecule has 0 aliphatic carbocycles. The van der Waals surface area contributed by atoms with E-state index in [-0.39, 0.29) is 24.8 Å². The Labute approximate surface area is 129 Å². The molecule has 1 unspecified atom stereocenters. The van der Waals surface area contributed by atoms with Gasteiger partial charge in [-0.15, -0.1) is 0 Å². The maximum absolute atomic E-state index is 12.1. The predicted molar refractivity (Wildman–Crippen MR) is 78.2 cm³/mol. The largest absolute Gasteiger partial charge is 0.495 e. The quantitative estimate of drug-likeness (QED) is 0.776. The van der Waals surface area contributed by atoms with Gasteiger partial charge in [-0.2, -0.15) is 0 Å². The smallest absolute Gasteiger partial charge is 0.311 e. The Bertz CT molecular complexity index is 564. The van der Waals surface area contributed by atoms with E-state index in [9.17, 15) is 9.59 Å². The molecule has 1 aromatic carbocycles. The number of esters is 1. The minimum Gasteiger partial charge on any atom is -0.495 e. The van der Waals surface area contributed by atoms with E-state index in [1.807, 2.05) is 0 Å². The first-order chi connectivity index (χ1) is 9.47. The second-order valence-corrected chi connectivity index (χ2v) is 5.63. The molecule has 1 fully saturated rings. The van der Waals surface area contributed by atoms with Crippen LogP contribution in [0.1, 0.15) is 6.42 Å². The lowest BCUT2D eigenvalue weighted by molar-refractivity contribution is -0.145. The zero-order chi connectivity index (χ0) is 14.9. The Morgan fingerprint density at radius 2 is 2.15 bits per heavy atom. The van der Waals surface area contributed by atoms with Crippen molar-refractivity contribution >= 4 is 45.1 Å². The summed E-state index contributed by atoms with van der Waals surface area (Å²) in [5, 5.41) is 0.468. The van der Waals surface area contributed by atoms with Crippen LogP contribution in [-0.4, -0.2) is 32.6 Å². The van der Waals surface area contributed by atoms with Gasteiger partial charge in [0.15, 0.2) is 0 Å². The molecule has 20 heavy (non-hydrogen) atoms. The second kappa shape index (κ2) is 6.01. The number of hydrogen-bond acceptors (Lipinski definition) is 4. The van der Waals surface area contributed by atoms with Crippen molar-refractivity contribution in [1.82, 2.24) is 0 Å². The Morgan fingerprint density at radius 1 is 1.45 bits per heavy atom. The molecule has 1 saturated heterocycles. The highest BCUT2D eigenvalue weighted by Gasteiger charge is 2.37. The number of ether oxygens (including phenoxy) is 2. The molecule has 1 amide bonds. The van der Waals surface area contributed by atoms with Crippen molar-refractivity contribution in [2.75, 3.05) is 25.7 Å². The fraction of sp³-hybridized carbons (Fsp3) is 0.385. The van der Waals surface area contributed by atoms with Crippen LogP contribution in [0.3, 0.4) is 0 Å². The Hall–Kier alpha value is -1.27. The number of benzene rings is 1. The third-order valence-corrected chi connectivity index (χ3v) is 4.37. The summed E-state index contributed by atoms with van der Waals surface area (Å²) in [4.78, 5) is 25.1. The van der Waals surface area contributed by atoms with Gasteiger partial charge in [-0.1, -0.05) is 11.6 Å². The van der Waals surface area contributed by atoms with Gasteiger partial charge in [0.2, 0.25) is 5.91 Å². The number of methoxy groups -OCH3 is 2. The number of anilines is 1. The average molecular weight is 363 g/mol. The first kappa shape index (κ1) is 15.1. The maximum atomic E-state index is 12.1. The summed E-state index contributed by atoms with van der Waals surface area (Å²) in [6.45, 7) is 0.264. The molecule has 108 valence electrons. The van der Waals surface area contributed by atoms with Crippen LogP contribution in [0.2, 0.25) is 5.02 Å². The molecule has 1 aliphatic rings. The van der Waals surface area contributed by atoms with Crippen LogP contribution in [0.4, 0.5) is 5.69 Å². The van der Waals surface area contributed by atoms with Crippen LogP contribution >= 0.6 is 27.5 Å². The highest BCUT2D eigenvalue weighted by molar-refractivity contribution is 9.10. The molecular formula is C13H13BrClNO4. The zero-order valence-electron chi connectivity index (χ0n) is 11.0. The van der Waals surface area contributed by atoms with Crippen molar-refractivity contribution in [3.63, 3.8) is 0 Å². The molecule has 2 rings (SSSR count). The fourth-order valence-electron chi connectivity index (χ4n) is 2.16. The van der Waals surface area contributed by atoms with Crippen molar-refractivity contribution in [3.8, 4) is 5.75 Å². The summed E-state index contributed by atoms with van der Waals surface area (Å²) in [7, 11) is 2.82. The maximum Gasteiger partial charge on any atom is 0.311 e. The average Bonchev–Trinajstić information content (AvgIpc) is 2.82. The van der Waals surface area contributed by atoms with Crippen molar-refractivity contribution in [2.24, 2.45) is 5.92 Å². The summed E-state index contributed by atoms with van der Waals surface area (Å²) in [6.07, 6.45) is 0.128. The lowest BCUT2D eigenvalue weighted by Crippen LogP contribution is -2.26. The SMILES string of the molecule is COC(=O)C1CC(=O)N(c2cc(Cl)c(Br)cc2OC)C1. The number of amides is 1. The van der Waals surface area contributed by atoms with E-state index >= 15 is 0 Å². The Morgan fingerprint density at radius 3 is 2.75 bits per heavy atom. The molecule has 1 heterocycles. The van der Waals surface area contributed by atoms with Gasteiger partial charge in [0.05, 0.1) is 30.8 Å². The van der Waals surface area contributed by atoms with Crippen molar-refractivity contribution in [2.45, 2.75) is 6.42 Å². The predicted octanol–water partition coefficient (Wildman–Crippen LogP) is 2.64. The molecular weight excluding hydrogens is 350 g/mol. The third kappa shape index (κ3) is 2.76. The Kier molecular flexibility index (Phi) is 4.55. The minimum atomic E-state index is -0.459. The van der Waals surface area contributed by atoms with Crippen LogP contribution < -0.4 is 9.64 Å². The van der Waals surface area contributed by atoms with Crippen molar-refractivity contribution in [3.05, 3.63) is 21.6 Å². The van der Waals surface area contributed by atoms with E-state index in [1.54, 1.807) is 12.1 Å². The monoisotopic (exact) mass is 361 g/mol. The number of carbonyl (C=O) groups is 2. The molecule has 0 aromatic heterocycles. The number of nitrogens with zero attached hydrogens (tertiary/aromatic N) is 1. The Balaban J connectivity index is 2.35. The first-order valence-electron chi connectivity index (χ1n) is 5.89. The van der Waals surface area contributed by atoms with E-state index in [0.717, 1.165) is 0 Å². The van der Waals surface area contributed by atoms with Gasteiger partial charge in [-0.3, -0.25) is 9.59 Å². The number of carbonyl (C=O) groups excluding carboxylic acids is 2. The molecule has 5 nitrogen and oxygen atoms in total. The third-order valence-electron chi connectivity index (χ3n) is 3.17. The van der Waals surface area contributed by atoms with Crippen molar-refractivity contribution < 1.29 is 19.1 Å². The summed E-state index contributed by atoms with van der Waals surface area (Å²) in [6, 6.07) is 3.33. The first-order valence-corrected chi connectivity index (χ1v) is 7.06. The van der Waals surface area contributed by atoms with Gasteiger partial charge in [0.25, 0.3) is 0 Å². The molecule has 0 saturated carbocycles. The van der Waals surface area contributed by atoms with Gasteiger partial charge in [-0.05, 0) is 28.1 Å². The summed E-state index contributed by atoms with van der Waals surface area (Å²) < 4.78 is 10.6. The molecule has 1 atom stereocenters. The lowest BCUT2D eigenvalue weighted by atomic mass is 10.1. The van der Waals surface area contributed by atoms with E-state index < -0.39 is 5.92 Å². The molecule has 0 bridgehead atoms. The van der Waals surface area contributed by atoms with Crippen molar-refractivity contribution in [1.29, 1.82) is 0 Å². The minimum absolute atomic E-state index is 0.128.